The van der Waals surface area contributed by atoms with Crippen LogP contribution in [0.15, 0.2) is 29.1 Å². The van der Waals surface area contributed by atoms with Crippen LogP contribution in [-0.2, 0) is 6.54 Å². The zero-order valence-electron chi connectivity index (χ0n) is 10.9. The lowest BCUT2D eigenvalue weighted by atomic mass is 10.3. The smallest absolute Gasteiger partial charge is 0.337 e. The van der Waals surface area contributed by atoms with E-state index in [-0.39, 0.29) is 5.56 Å². The summed E-state index contributed by atoms with van der Waals surface area (Å²) in [5.41, 5.74) is 1.18. The van der Waals surface area contributed by atoms with E-state index < -0.39 is 5.97 Å². The molecule has 6 heteroatoms. The minimum absolute atomic E-state index is 0.272. The van der Waals surface area contributed by atoms with Gasteiger partial charge in [-0.15, -0.1) is 0 Å². The standard InChI is InChI=1S/C13H16BrN3O2/c1-3-9(2)17-5-4-11(15-17)8-16-7-10(13(18)19)6-12(16)14/h4-7,9H,3,8H2,1-2H3,(H,18,19). The second-order valence-corrected chi connectivity index (χ2v) is 5.34. The summed E-state index contributed by atoms with van der Waals surface area (Å²) in [6, 6.07) is 3.92. The van der Waals surface area contributed by atoms with Gasteiger partial charge in [-0.1, -0.05) is 6.92 Å². The molecule has 2 heterocycles. The number of aromatic nitrogens is 3. The SMILES string of the molecule is CCC(C)n1ccc(Cn2cc(C(=O)O)cc2Br)n1. The Morgan fingerprint density at radius 3 is 2.89 bits per heavy atom. The minimum Gasteiger partial charge on any atom is -0.478 e. The lowest BCUT2D eigenvalue weighted by Gasteiger charge is -2.08. The van der Waals surface area contributed by atoms with Crippen molar-refractivity contribution < 1.29 is 9.90 Å². The maximum atomic E-state index is 10.9. The Hall–Kier alpha value is -1.56. The molecule has 0 fully saturated rings. The van der Waals surface area contributed by atoms with E-state index >= 15 is 0 Å². The first-order chi connectivity index (χ1) is 9.01. The molecule has 0 bridgehead atoms. The van der Waals surface area contributed by atoms with Crippen molar-refractivity contribution in [2.24, 2.45) is 0 Å². The molecule has 102 valence electrons. The van der Waals surface area contributed by atoms with Crippen molar-refractivity contribution in [2.45, 2.75) is 32.9 Å². The molecule has 0 spiro atoms. The van der Waals surface area contributed by atoms with Gasteiger partial charge in [0, 0.05) is 18.4 Å². The average molecular weight is 326 g/mol. The Balaban J connectivity index is 2.17. The summed E-state index contributed by atoms with van der Waals surface area (Å²) in [7, 11) is 0. The number of nitrogens with zero attached hydrogens (tertiary/aromatic N) is 3. The number of hydrogen-bond acceptors (Lipinski definition) is 2. The van der Waals surface area contributed by atoms with Gasteiger partial charge < -0.3 is 9.67 Å². The number of rotatable bonds is 5. The van der Waals surface area contributed by atoms with Gasteiger partial charge in [-0.25, -0.2) is 4.79 Å². The Morgan fingerprint density at radius 1 is 1.58 bits per heavy atom. The van der Waals surface area contributed by atoms with Crippen LogP contribution in [0.4, 0.5) is 0 Å². The monoisotopic (exact) mass is 325 g/mol. The highest BCUT2D eigenvalue weighted by molar-refractivity contribution is 9.10. The van der Waals surface area contributed by atoms with Crippen LogP contribution in [0.3, 0.4) is 0 Å². The number of carboxylic acid groups (broad SMARTS) is 1. The van der Waals surface area contributed by atoms with Gasteiger partial charge in [-0.3, -0.25) is 4.68 Å². The summed E-state index contributed by atoms with van der Waals surface area (Å²) in [6.45, 7) is 4.79. The molecule has 2 aromatic rings. The highest BCUT2D eigenvalue weighted by Gasteiger charge is 2.11. The predicted octanol–water partition coefficient (Wildman–Crippen LogP) is 3.16. The van der Waals surface area contributed by atoms with Gasteiger partial charge in [-0.05, 0) is 41.4 Å². The van der Waals surface area contributed by atoms with Gasteiger partial charge in [0.1, 0.15) is 0 Å². The molecule has 0 saturated carbocycles. The van der Waals surface area contributed by atoms with Crippen molar-refractivity contribution in [1.29, 1.82) is 0 Å². The van der Waals surface area contributed by atoms with Gasteiger partial charge in [0.2, 0.25) is 0 Å². The lowest BCUT2D eigenvalue weighted by Crippen LogP contribution is -2.06. The number of carbonyl (C=O) groups is 1. The molecule has 0 aromatic carbocycles. The van der Waals surface area contributed by atoms with Crippen molar-refractivity contribution in [3.8, 4) is 0 Å². The Morgan fingerprint density at radius 2 is 2.32 bits per heavy atom. The van der Waals surface area contributed by atoms with E-state index in [1.807, 2.05) is 21.5 Å². The number of carboxylic acids is 1. The van der Waals surface area contributed by atoms with Crippen LogP contribution in [0.5, 0.6) is 0 Å². The third kappa shape index (κ3) is 3.07. The molecule has 19 heavy (non-hydrogen) atoms. The molecule has 2 aromatic heterocycles. The fourth-order valence-electron chi connectivity index (χ4n) is 1.78. The molecule has 1 unspecified atom stereocenters. The summed E-state index contributed by atoms with van der Waals surface area (Å²) in [5, 5.41) is 13.4. The third-order valence-electron chi connectivity index (χ3n) is 3.13. The zero-order valence-corrected chi connectivity index (χ0v) is 12.5. The van der Waals surface area contributed by atoms with Gasteiger partial charge >= 0.3 is 5.97 Å². The summed E-state index contributed by atoms with van der Waals surface area (Å²) in [5.74, 6) is -0.926. The molecule has 1 atom stereocenters. The molecule has 1 N–H and O–H groups in total. The van der Waals surface area contributed by atoms with Crippen LogP contribution in [0.25, 0.3) is 0 Å². The molecule has 0 amide bonds. The highest BCUT2D eigenvalue weighted by atomic mass is 79.9. The van der Waals surface area contributed by atoms with E-state index in [0.717, 1.165) is 16.7 Å². The van der Waals surface area contributed by atoms with Gasteiger partial charge in [0.25, 0.3) is 0 Å². The lowest BCUT2D eigenvalue weighted by molar-refractivity contribution is 0.0697. The zero-order chi connectivity index (χ0) is 14.0. The maximum absolute atomic E-state index is 10.9. The molecular formula is C13H16BrN3O2. The summed E-state index contributed by atoms with van der Waals surface area (Å²) >= 11 is 3.36. The van der Waals surface area contributed by atoms with Crippen LogP contribution in [0.2, 0.25) is 0 Å². The molecular weight excluding hydrogens is 310 g/mol. The highest BCUT2D eigenvalue weighted by Crippen LogP contribution is 2.17. The van der Waals surface area contributed by atoms with Crippen LogP contribution >= 0.6 is 15.9 Å². The van der Waals surface area contributed by atoms with Crippen molar-refractivity contribution in [1.82, 2.24) is 14.3 Å². The summed E-state index contributed by atoms with van der Waals surface area (Å²) < 4.78 is 4.50. The fourth-order valence-corrected chi connectivity index (χ4v) is 2.26. The van der Waals surface area contributed by atoms with E-state index in [1.165, 1.54) is 0 Å². The third-order valence-corrected chi connectivity index (χ3v) is 3.81. The summed E-state index contributed by atoms with van der Waals surface area (Å²) in [4.78, 5) is 10.9. The fraction of sp³-hybridized carbons (Fsp3) is 0.385. The average Bonchev–Trinajstić information content (AvgIpc) is 2.97. The van der Waals surface area contributed by atoms with Gasteiger partial charge in [0.05, 0.1) is 22.4 Å². The van der Waals surface area contributed by atoms with E-state index in [1.54, 1.807) is 12.3 Å². The van der Waals surface area contributed by atoms with Crippen molar-refractivity contribution in [2.75, 3.05) is 0 Å². The quantitative estimate of drug-likeness (QED) is 0.918. The first kappa shape index (κ1) is 13.9. The van der Waals surface area contributed by atoms with Crippen molar-refractivity contribution in [3.05, 3.63) is 40.4 Å². The van der Waals surface area contributed by atoms with E-state index in [9.17, 15) is 4.79 Å². The van der Waals surface area contributed by atoms with Crippen LogP contribution in [-0.4, -0.2) is 25.4 Å². The van der Waals surface area contributed by atoms with Gasteiger partial charge in [0.15, 0.2) is 0 Å². The maximum Gasteiger partial charge on any atom is 0.337 e. The second kappa shape index (κ2) is 5.61. The minimum atomic E-state index is -0.926. The summed E-state index contributed by atoms with van der Waals surface area (Å²) in [6.07, 6.45) is 4.59. The molecule has 0 saturated heterocycles. The van der Waals surface area contributed by atoms with E-state index in [4.69, 9.17) is 5.11 Å². The van der Waals surface area contributed by atoms with Crippen molar-refractivity contribution in [3.63, 3.8) is 0 Å². The molecule has 5 nitrogen and oxygen atoms in total. The first-order valence-electron chi connectivity index (χ1n) is 6.14. The van der Waals surface area contributed by atoms with Crippen LogP contribution in [0.1, 0.15) is 42.4 Å². The van der Waals surface area contributed by atoms with E-state index in [0.29, 0.717) is 12.6 Å². The molecule has 0 radical (unpaired) electrons. The Kier molecular flexibility index (Phi) is 4.09. The number of hydrogen-bond donors (Lipinski definition) is 1. The topological polar surface area (TPSA) is 60.0 Å². The molecule has 0 aliphatic heterocycles. The molecule has 0 aliphatic carbocycles. The predicted molar refractivity (Wildman–Crippen MR) is 75.4 cm³/mol. The second-order valence-electron chi connectivity index (χ2n) is 4.53. The largest absolute Gasteiger partial charge is 0.478 e. The number of halogens is 1. The Bertz CT molecular complexity index is 588. The molecule has 2 rings (SSSR count). The van der Waals surface area contributed by atoms with Gasteiger partial charge in [-0.2, -0.15) is 5.10 Å². The normalized spacial score (nSPS) is 12.6. The Labute approximate surface area is 120 Å². The first-order valence-corrected chi connectivity index (χ1v) is 6.93. The number of aromatic carboxylic acids is 1. The van der Waals surface area contributed by atoms with Crippen molar-refractivity contribution >= 4 is 21.9 Å². The van der Waals surface area contributed by atoms with Crippen LogP contribution < -0.4 is 0 Å². The van der Waals surface area contributed by atoms with Crippen LogP contribution in [0, 0.1) is 0 Å². The van der Waals surface area contributed by atoms with E-state index in [2.05, 4.69) is 34.9 Å². The molecule has 0 aliphatic rings.